The van der Waals surface area contributed by atoms with Gasteiger partial charge in [-0.15, -0.1) is 0 Å². The summed E-state index contributed by atoms with van der Waals surface area (Å²) in [5.41, 5.74) is 0. The fourth-order valence-electron chi connectivity index (χ4n) is 1.79. The van der Waals surface area contributed by atoms with Crippen molar-refractivity contribution in [2.45, 2.75) is 13.8 Å². The molecule has 0 fully saturated rings. The van der Waals surface area contributed by atoms with Crippen LogP contribution in [0.15, 0.2) is 12.1 Å². The van der Waals surface area contributed by atoms with E-state index in [2.05, 4.69) is 24.1 Å². The molecule has 3 nitrogen and oxygen atoms in total. The SMILES string of the molecule is CCN(CC)CCNCCOc1c(Cl)cc(Cl)cc1Cl. The minimum atomic E-state index is 0.436. The Labute approximate surface area is 136 Å². The molecule has 114 valence electrons. The van der Waals surface area contributed by atoms with E-state index >= 15 is 0 Å². The van der Waals surface area contributed by atoms with E-state index in [1.54, 1.807) is 12.1 Å². The zero-order chi connectivity index (χ0) is 15.0. The van der Waals surface area contributed by atoms with Gasteiger partial charge >= 0.3 is 0 Å². The number of halogens is 3. The third kappa shape index (κ3) is 6.06. The molecule has 0 saturated carbocycles. The number of likely N-dealkylation sites (N-methyl/N-ethyl adjacent to an activating group) is 1. The number of ether oxygens (including phenoxy) is 1. The highest BCUT2D eigenvalue weighted by atomic mass is 35.5. The molecule has 0 amide bonds. The van der Waals surface area contributed by atoms with Crippen LogP contribution < -0.4 is 10.1 Å². The van der Waals surface area contributed by atoms with Crippen LogP contribution >= 0.6 is 34.8 Å². The van der Waals surface area contributed by atoms with Gasteiger partial charge in [0, 0.05) is 24.7 Å². The van der Waals surface area contributed by atoms with E-state index in [1.807, 2.05) is 0 Å². The number of nitrogens with zero attached hydrogens (tertiary/aromatic N) is 1. The van der Waals surface area contributed by atoms with Crippen molar-refractivity contribution < 1.29 is 4.74 Å². The molecule has 0 aromatic heterocycles. The van der Waals surface area contributed by atoms with Crippen molar-refractivity contribution in [3.63, 3.8) is 0 Å². The normalized spacial score (nSPS) is 11.1. The van der Waals surface area contributed by atoms with Crippen molar-refractivity contribution >= 4 is 34.8 Å². The Hall–Kier alpha value is -0.190. The summed E-state index contributed by atoms with van der Waals surface area (Å²) in [7, 11) is 0. The third-order valence-corrected chi connectivity index (χ3v) is 3.77. The highest BCUT2D eigenvalue weighted by Crippen LogP contribution is 2.35. The second-order valence-corrected chi connectivity index (χ2v) is 5.57. The number of hydrogen-bond acceptors (Lipinski definition) is 3. The zero-order valence-corrected chi connectivity index (χ0v) is 14.2. The van der Waals surface area contributed by atoms with Gasteiger partial charge in [-0.25, -0.2) is 0 Å². The first-order valence-electron chi connectivity index (χ1n) is 6.78. The van der Waals surface area contributed by atoms with Gasteiger partial charge < -0.3 is 15.0 Å². The topological polar surface area (TPSA) is 24.5 Å². The number of rotatable bonds is 9. The summed E-state index contributed by atoms with van der Waals surface area (Å²) in [5.74, 6) is 0.489. The summed E-state index contributed by atoms with van der Waals surface area (Å²) in [6, 6.07) is 3.25. The second kappa shape index (κ2) is 9.69. The van der Waals surface area contributed by atoms with E-state index in [0.717, 1.165) is 32.7 Å². The van der Waals surface area contributed by atoms with Gasteiger partial charge in [-0.05, 0) is 25.2 Å². The first-order valence-corrected chi connectivity index (χ1v) is 7.92. The van der Waals surface area contributed by atoms with Crippen LogP contribution in [0.25, 0.3) is 0 Å². The van der Waals surface area contributed by atoms with E-state index < -0.39 is 0 Å². The van der Waals surface area contributed by atoms with Crippen LogP contribution in [-0.2, 0) is 0 Å². The van der Waals surface area contributed by atoms with Crippen LogP contribution in [0.2, 0.25) is 15.1 Å². The van der Waals surface area contributed by atoms with E-state index in [4.69, 9.17) is 39.5 Å². The van der Waals surface area contributed by atoms with Gasteiger partial charge in [0.1, 0.15) is 6.61 Å². The summed E-state index contributed by atoms with van der Waals surface area (Å²) < 4.78 is 5.58. The molecule has 1 N–H and O–H groups in total. The third-order valence-electron chi connectivity index (χ3n) is 2.99. The summed E-state index contributed by atoms with van der Waals surface area (Å²) in [5, 5.41) is 4.70. The van der Waals surface area contributed by atoms with Crippen LogP contribution in [-0.4, -0.2) is 44.2 Å². The smallest absolute Gasteiger partial charge is 0.156 e. The lowest BCUT2D eigenvalue weighted by molar-refractivity contribution is 0.286. The number of benzene rings is 1. The van der Waals surface area contributed by atoms with Crippen LogP contribution in [0, 0.1) is 0 Å². The molecular formula is C14H21Cl3N2O. The maximum Gasteiger partial charge on any atom is 0.156 e. The van der Waals surface area contributed by atoms with Crippen molar-refractivity contribution in [3.05, 3.63) is 27.2 Å². The molecule has 0 spiro atoms. The molecule has 0 atom stereocenters. The molecule has 0 aliphatic rings. The molecule has 6 heteroatoms. The number of hydrogen-bond donors (Lipinski definition) is 1. The largest absolute Gasteiger partial charge is 0.489 e. The van der Waals surface area contributed by atoms with E-state index in [1.165, 1.54) is 0 Å². The minimum Gasteiger partial charge on any atom is -0.489 e. The Morgan fingerprint density at radius 1 is 1.05 bits per heavy atom. The van der Waals surface area contributed by atoms with Gasteiger partial charge in [-0.3, -0.25) is 0 Å². The summed E-state index contributed by atoms with van der Waals surface area (Å²) >= 11 is 17.9. The van der Waals surface area contributed by atoms with E-state index in [-0.39, 0.29) is 0 Å². The molecule has 0 bridgehead atoms. The lowest BCUT2D eigenvalue weighted by Gasteiger charge is -2.18. The summed E-state index contributed by atoms with van der Waals surface area (Å²) in [6.45, 7) is 9.71. The lowest BCUT2D eigenvalue weighted by atomic mass is 10.3. The fraction of sp³-hybridized carbons (Fsp3) is 0.571. The Balaban J connectivity index is 2.25. The molecule has 0 heterocycles. The molecule has 0 radical (unpaired) electrons. The lowest BCUT2D eigenvalue weighted by Crippen LogP contribution is -2.33. The van der Waals surface area contributed by atoms with Crippen LogP contribution in [0.3, 0.4) is 0 Å². The van der Waals surface area contributed by atoms with Gasteiger partial charge in [-0.1, -0.05) is 48.7 Å². The van der Waals surface area contributed by atoms with Crippen molar-refractivity contribution in [3.8, 4) is 5.75 Å². The highest BCUT2D eigenvalue weighted by Gasteiger charge is 2.08. The highest BCUT2D eigenvalue weighted by molar-refractivity contribution is 6.40. The van der Waals surface area contributed by atoms with Gasteiger partial charge in [-0.2, -0.15) is 0 Å². The molecule has 0 saturated heterocycles. The Morgan fingerprint density at radius 2 is 1.65 bits per heavy atom. The Kier molecular flexibility index (Phi) is 8.66. The Morgan fingerprint density at radius 3 is 2.20 bits per heavy atom. The van der Waals surface area contributed by atoms with Crippen LogP contribution in [0.1, 0.15) is 13.8 Å². The van der Waals surface area contributed by atoms with E-state index in [0.29, 0.717) is 27.4 Å². The molecule has 0 unspecified atom stereocenters. The summed E-state index contributed by atoms with van der Waals surface area (Å²) in [4.78, 5) is 2.36. The number of nitrogens with one attached hydrogen (secondary N) is 1. The van der Waals surface area contributed by atoms with Gasteiger partial charge in [0.2, 0.25) is 0 Å². The standard InChI is InChI=1S/C14H21Cl3N2O/c1-3-19(4-2)7-5-18-6-8-20-14-12(16)9-11(15)10-13(14)17/h9-10,18H,3-8H2,1-2H3. The van der Waals surface area contributed by atoms with Crippen LogP contribution in [0.5, 0.6) is 5.75 Å². The first-order chi connectivity index (χ1) is 9.58. The van der Waals surface area contributed by atoms with E-state index in [9.17, 15) is 0 Å². The predicted octanol–water partition coefficient (Wildman–Crippen LogP) is 3.96. The zero-order valence-electron chi connectivity index (χ0n) is 11.9. The van der Waals surface area contributed by atoms with Crippen molar-refractivity contribution in [2.75, 3.05) is 39.3 Å². The van der Waals surface area contributed by atoms with Crippen molar-refractivity contribution in [2.24, 2.45) is 0 Å². The quantitative estimate of drug-likeness (QED) is 0.689. The van der Waals surface area contributed by atoms with Crippen molar-refractivity contribution in [1.82, 2.24) is 10.2 Å². The molecule has 1 aromatic rings. The second-order valence-electron chi connectivity index (χ2n) is 4.32. The van der Waals surface area contributed by atoms with Gasteiger partial charge in [0.25, 0.3) is 0 Å². The Bertz CT molecular complexity index is 388. The maximum absolute atomic E-state index is 6.03. The van der Waals surface area contributed by atoms with Crippen LogP contribution in [0.4, 0.5) is 0 Å². The average Bonchev–Trinajstić information content (AvgIpc) is 2.40. The maximum atomic E-state index is 6.03. The van der Waals surface area contributed by atoms with Crippen molar-refractivity contribution in [1.29, 1.82) is 0 Å². The fourth-order valence-corrected chi connectivity index (χ4v) is 2.72. The first kappa shape index (κ1) is 17.9. The summed E-state index contributed by atoms with van der Waals surface area (Å²) in [6.07, 6.45) is 0. The van der Waals surface area contributed by atoms with Gasteiger partial charge in [0.15, 0.2) is 5.75 Å². The predicted molar refractivity (Wildman–Crippen MR) is 87.6 cm³/mol. The molecule has 20 heavy (non-hydrogen) atoms. The minimum absolute atomic E-state index is 0.436. The molecule has 0 aliphatic carbocycles. The monoisotopic (exact) mass is 338 g/mol. The molecule has 1 aromatic carbocycles. The molecule has 1 rings (SSSR count). The molecule has 0 aliphatic heterocycles. The molecular weight excluding hydrogens is 319 g/mol. The van der Waals surface area contributed by atoms with Gasteiger partial charge in [0.05, 0.1) is 10.0 Å². The average molecular weight is 340 g/mol.